The van der Waals surface area contributed by atoms with Gasteiger partial charge in [0.05, 0.1) is 23.6 Å². The van der Waals surface area contributed by atoms with Crippen LogP contribution in [0.5, 0.6) is 0 Å². The number of amides is 1. The molecule has 0 unspecified atom stereocenters. The molecule has 0 fully saturated rings. The number of aromatic nitrogens is 5. The topological polar surface area (TPSA) is 77.6 Å². The van der Waals surface area contributed by atoms with Crippen molar-refractivity contribution >= 4 is 40.9 Å². The van der Waals surface area contributed by atoms with Crippen LogP contribution in [0.3, 0.4) is 0 Å². The molecule has 0 saturated carbocycles. The largest absolute Gasteiger partial charge is 0.321 e. The fourth-order valence-electron chi connectivity index (χ4n) is 3.07. The van der Waals surface area contributed by atoms with Gasteiger partial charge in [-0.15, -0.1) is 0 Å². The van der Waals surface area contributed by atoms with Crippen LogP contribution in [0.1, 0.15) is 16.8 Å². The number of anilines is 1. The van der Waals surface area contributed by atoms with E-state index < -0.39 is 0 Å². The van der Waals surface area contributed by atoms with Crippen molar-refractivity contribution in [1.82, 2.24) is 24.5 Å². The van der Waals surface area contributed by atoms with Crippen LogP contribution >= 0.6 is 23.2 Å². The number of nitrogens with one attached hydrogen (secondary N) is 1. The highest BCUT2D eigenvalue weighted by atomic mass is 35.5. The number of rotatable bonds is 6. The van der Waals surface area contributed by atoms with Gasteiger partial charge in [0.25, 0.3) is 0 Å². The summed E-state index contributed by atoms with van der Waals surface area (Å²) in [4.78, 5) is 16.5. The third-order valence-electron chi connectivity index (χ3n) is 4.58. The van der Waals surface area contributed by atoms with E-state index in [1.165, 1.54) is 12.4 Å². The summed E-state index contributed by atoms with van der Waals surface area (Å²) in [5.41, 5.74) is 3.77. The molecule has 0 radical (unpaired) electrons. The van der Waals surface area contributed by atoms with Gasteiger partial charge in [-0.1, -0.05) is 47.5 Å². The zero-order valence-corrected chi connectivity index (χ0v) is 18.0. The molecular weight excluding hydrogens is 435 g/mol. The Kier molecular flexibility index (Phi) is 6.16. The van der Waals surface area contributed by atoms with Gasteiger partial charge in [-0.25, -0.2) is 14.3 Å². The Morgan fingerprint density at radius 2 is 1.90 bits per heavy atom. The Balaban J connectivity index is 1.50. The fraction of sp³-hybridized carbons (Fsp3) is 0.0909. The summed E-state index contributed by atoms with van der Waals surface area (Å²) in [6.07, 6.45) is 6.10. The standard InChI is InChI=1S/C22H18Cl2N6O/c1-15-18(22(24)29(28-15)12-16-6-8-17(23)9-7-16)10-11-21(31)27-19-4-2-3-5-20(19)30-14-25-13-26-30/h2-11,13-14H,12H2,1H3,(H,27,31)/b11-10+. The molecule has 0 aliphatic rings. The lowest BCUT2D eigenvalue weighted by Crippen LogP contribution is -2.10. The number of hydrogen-bond acceptors (Lipinski definition) is 4. The van der Waals surface area contributed by atoms with Gasteiger partial charge in [-0.05, 0) is 42.8 Å². The second-order valence-corrected chi connectivity index (χ2v) is 7.55. The lowest BCUT2D eigenvalue weighted by Gasteiger charge is -2.09. The first-order chi connectivity index (χ1) is 15.0. The summed E-state index contributed by atoms with van der Waals surface area (Å²) in [6, 6.07) is 14.8. The van der Waals surface area contributed by atoms with Gasteiger partial charge in [-0.3, -0.25) is 4.79 Å². The quantitative estimate of drug-likeness (QED) is 0.427. The predicted octanol–water partition coefficient (Wildman–Crippen LogP) is 4.78. The molecule has 2 aromatic heterocycles. The molecule has 4 rings (SSSR count). The van der Waals surface area contributed by atoms with Crippen LogP contribution in [0.2, 0.25) is 10.2 Å². The number of aryl methyl sites for hydroxylation is 1. The minimum Gasteiger partial charge on any atom is -0.321 e. The molecule has 9 heteroatoms. The van der Waals surface area contributed by atoms with Crippen molar-refractivity contribution in [1.29, 1.82) is 0 Å². The van der Waals surface area contributed by atoms with Crippen molar-refractivity contribution in [3.05, 3.63) is 94.3 Å². The first-order valence-corrected chi connectivity index (χ1v) is 10.2. The van der Waals surface area contributed by atoms with E-state index in [1.807, 2.05) is 49.4 Å². The van der Waals surface area contributed by atoms with Crippen molar-refractivity contribution < 1.29 is 4.79 Å². The molecule has 1 amide bonds. The molecule has 2 aromatic carbocycles. The molecule has 0 saturated heterocycles. The molecule has 31 heavy (non-hydrogen) atoms. The monoisotopic (exact) mass is 452 g/mol. The minimum absolute atomic E-state index is 0.298. The predicted molar refractivity (Wildman–Crippen MR) is 122 cm³/mol. The van der Waals surface area contributed by atoms with E-state index in [2.05, 4.69) is 20.5 Å². The van der Waals surface area contributed by atoms with Crippen LogP contribution in [0.4, 0.5) is 5.69 Å². The van der Waals surface area contributed by atoms with Crippen LogP contribution in [0, 0.1) is 6.92 Å². The van der Waals surface area contributed by atoms with E-state index in [-0.39, 0.29) is 5.91 Å². The number of nitrogens with zero attached hydrogens (tertiary/aromatic N) is 5. The van der Waals surface area contributed by atoms with E-state index in [0.717, 1.165) is 11.3 Å². The highest BCUT2D eigenvalue weighted by molar-refractivity contribution is 6.31. The molecule has 0 spiro atoms. The number of benzene rings is 2. The first kappa shape index (κ1) is 20.8. The summed E-state index contributed by atoms with van der Waals surface area (Å²) in [7, 11) is 0. The molecule has 2 heterocycles. The maximum Gasteiger partial charge on any atom is 0.248 e. The van der Waals surface area contributed by atoms with Gasteiger partial charge < -0.3 is 5.32 Å². The van der Waals surface area contributed by atoms with E-state index in [0.29, 0.717) is 33.7 Å². The van der Waals surface area contributed by atoms with Gasteiger partial charge in [0, 0.05) is 16.7 Å². The van der Waals surface area contributed by atoms with Crippen LogP contribution in [0.15, 0.2) is 67.3 Å². The summed E-state index contributed by atoms with van der Waals surface area (Å²) in [5, 5.41) is 12.6. The van der Waals surface area contributed by atoms with Crippen molar-refractivity contribution in [2.75, 3.05) is 5.32 Å². The molecule has 0 aliphatic heterocycles. The SMILES string of the molecule is Cc1nn(Cc2ccc(Cl)cc2)c(Cl)c1/C=C/C(=O)Nc1ccccc1-n1cncn1. The number of carbonyl (C=O) groups is 1. The van der Waals surface area contributed by atoms with Crippen LogP contribution < -0.4 is 5.32 Å². The van der Waals surface area contributed by atoms with E-state index >= 15 is 0 Å². The van der Waals surface area contributed by atoms with Crippen LogP contribution in [-0.2, 0) is 11.3 Å². The number of carbonyl (C=O) groups excluding carboxylic acids is 1. The molecule has 7 nitrogen and oxygen atoms in total. The Morgan fingerprint density at radius 1 is 1.13 bits per heavy atom. The molecule has 0 aliphatic carbocycles. The van der Waals surface area contributed by atoms with Crippen molar-refractivity contribution in [2.24, 2.45) is 0 Å². The molecular formula is C22H18Cl2N6O. The Hall–Kier alpha value is -3.42. The average molecular weight is 453 g/mol. The van der Waals surface area contributed by atoms with E-state index in [1.54, 1.807) is 27.8 Å². The number of hydrogen-bond donors (Lipinski definition) is 1. The second-order valence-electron chi connectivity index (χ2n) is 6.75. The van der Waals surface area contributed by atoms with Gasteiger partial charge in [0.1, 0.15) is 17.8 Å². The van der Waals surface area contributed by atoms with Gasteiger partial charge in [-0.2, -0.15) is 10.2 Å². The molecule has 0 atom stereocenters. The summed E-state index contributed by atoms with van der Waals surface area (Å²) in [5.74, 6) is -0.298. The van der Waals surface area contributed by atoms with Crippen LogP contribution in [-0.4, -0.2) is 30.5 Å². The maximum atomic E-state index is 12.5. The third kappa shape index (κ3) is 4.84. The zero-order chi connectivity index (χ0) is 21.8. The lowest BCUT2D eigenvalue weighted by molar-refractivity contribution is -0.111. The summed E-state index contributed by atoms with van der Waals surface area (Å²) >= 11 is 12.5. The maximum absolute atomic E-state index is 12.5. The van der Waals surface area contributed by atoms with Crippen molar-refractivity contribution in [2.45, 2.75) is 13.5 Å². The smallest absolute Gasteiger partial charge is 0.248 e. The first-order valence-electron chi connectivity index (χ1n) is 9.41. The highest BCUT2D eigenvalue weighted by Crippen LogP contribution is 2.23. The molecule has 1 N–H and O–H groups in total. The lowest BCUT2D eigenvalue weighted by atomic mass is 10.2. The second kappa shape index (κ2) is 9.16. The normalized spacial score (nSPS) is 11.2. The highest BCUT2D eigenvalue weighted by Gasteiger charge is 2.12. The fourth-order valence-corrected chi connectivity index (χ4v) is 3.49. The van der Waals surface area contributed by atoms with Crippen LogP contribution in [0.25, 0.3) is 11.8 Å². The number of halogens is 2. The zero-order valence-electron chi connectivity index (χ0n) is 16.5. The van der Waals surface area contributed by atoms with Gasteiger partial charge >= 0.3 is 0 Å². The average Bonchev–Trinajstić information content (AvgIpc) is 3.38. The van der Waals surface area contributed by atoms with E-state index in [9.17, 15) is 4.79 Å². The Labute approximate surface area is 188 Å². The van der Waals surface area contributed by atoms with Crippen molar-refractivity contribution in [3.8, 4) is 5.69 Å². The third-order valence-corrected chi connectivity index (χ3v) is 5.23. The molecule has 156 valence electrons. The summed E-state index contributed by atoms with van der Waals surface area (Å²) in [6.45, 7) is 2.35. The summed E-state index contributed by atoms with van der Waals surface area (Å²) < 4.78 is 3.28. The number of para-hydroxylation sites is 2. The van der Waals surface area contributed by atoms with E-state index in [4.69, 9.17) is 23.2 Å². The molecule has 4 aromatic rings. The molecule has 0 bridgehead atoms. The van der Waals surface area contributed by atoms with Crippen molar-refractivity contribution in [3.63, 3.8) is 0 Å². The van der Waals surface area contributed by atoms with Gasteiger partial charge in [0.2, 0.25) is 5.91 Å². The Morgan fingerprint density at radius 3 is 2.65 bits per heavy atom. The minimum atomic E-state index is -0.298. The Bertz CT molecular complexity index is 1230. The van der Waals surface area contributed by atoms with Gasteiger partial charge in [0.15, 0.2) is 0 Å².